The van der Waals surface area contributed by atoms with E-state index in [2.05, 4.69) is 29.2 Å². The van der Waals surface area contributed by atoms with Crippen molar-refractivity contribution < 1.29 is 4.79 Å². The van der Waals surface area contributed by atoms with Crippen LogP contribution in [0.3, 0.4) is 0 Å². The van der Waals surface area contributed by atoms with E-state index in [0.29, 0.717) is 17.9 Å². The summed E-state index contributed by atoms with van der Waals surface area (Å²) in [5, 5.41) is 3.15. The smallest absolute Gasteiger partial charge is 0.251 e. The van der Waals surface area contributed by atoms with Gasteiger partial charge in [-0.1, -0.05) is 31.9 Å². The number of aromatic nitrogens is 1. The van der Waals surface area contributed by atoms with Crippen molar-refractivity contribution in [3.05, 3.63) is 48.2 Å². The molecule has 1 aliphatic rings. The van der Waals surface area contributed by atoms with Gasteiger partial charge in [-0.2, -0.15) is 0 Å². The third-order valence-electron chi connectivity index (χ3n) is 5.66. The molecule has 138 valence electrons. The van der Waals surface area contributed by atoms with E-state index in [9.17, 15) is 4.79 Å². The van der Waals surface area contributed by atoms with Crippen molar-refractivity contribution >= 4 is 11.7 Å². The Morgan fingerprint density at radius 3 is 2.38 bits per heavy atom. The monoisotopic (exact) mass is 352 g/mol. The van der Waals surface area contributed by atoms with Gasteiger partial charge in [-0.25, -0.2) is 4.98 Å². The molecule has 1 saturated carbocycles. The molecule has 5 nitrogen and oxygen atoms in total. The summed E-state index contributed by atoms with van der Waals surface area (Å²) in [7, 11) is 2.16. The number of amides is 1. The van der Waals surface area contributed by atoms with Crippen LogP contribution in [0.4, 0.5) is 5.82 Å². The zero-order valence-electron chi connectivity index (χ0n) is 15.7. The van der Waals surface area contributed by atoms with Crippen LogP contribution in [0.2, 0.25) is 0 Å². The fourth-order valence-electron chi connectivity index (χ4n) is 3.80. The zero-order valence-corrected chi connectivity index (χ0v) is 15.7. The van der Waals surface area contributed by atoms with Crippen LogP contribution in [0, 0.1) is 0 Å². The number of nitrogen functional groups attached to an aromatic ring is 1. The Kier molecular flexibility index (Phi) is 5.57. The van der Waals surface area contributed by atoms with Crippen LogP contribution in [-0.4, -0.2) is 41.5 Å². The summed E-state index contributed by atoms with van der Waals surface area (Å²) in [5.41, 5.74) is 8.43. The number of nitrogens with one attached hydrogen (secondary N) is 1. The Morgan fingerprint density at radius 1 is 1.15 bits per heavy atom. The van der Waals surface area contributed by atoms with Crippen LogP contribution in [0.5, 0.6) is 0 Å². The standard InChI is InChI=1S/C21H28N4O/c1-3-25(2)21(12-4-5-13-21)15-24-20(26)17-8-6-16(7-9-17)18-10-11-19(22)23-14-18/h6-11,14H,3-5,12-13,15H2,1-2H3,(H2,22,23)(H,24,26). The molecule has 5 heteroatoms. The quantitative estimate of drug-likeness (QED) is 0.836. The second kappa shape index (κ2) is 7.87. The van der Waals surface area contributed by atoms with Crippen molar-refractivity contribution in [1.82, 2.24) is 15.2 Å². The average molecular weight is 352 g/mol. The lowest BCUT2D eigenvalue weighted by Crippen LogP contribution is -2.52. The van der Waals surface area contributed by atoms with E-state index in [1.807, 2.05) is 30.3 Å². The van der Waals surface area contributed by atoms with E-state index in [4.69, 9.17) is 5.73 Å². The van der Waals surface area contributed by atoms with Gasteiger partial charge in [0, 0.05) is 29.4 Å². The molecule has 1 aromatic heterocycles. The first kappa shape index (κ1) is 18.4. The molecule has 26 heavy (non-hydrogen) atoms. The molecular formula is C21H28N4O. The number of hydrogen-bond acceptors (Lipinski definition) is 4. The molecule has 1 amide bonds. The summed E-state index contributed by atoms with van der Waals surface area (Å²) in [5.74, 6) is 0.491. The summed E-state index contributed by atoms with van der Waals surface area (Å²) in [6.07, 6.45) is 6.53. The Bertz CT molecular complexity index is 734. The zero-order chi connectivity index (χ0) is 18.6. The highest BCUT2D eigenvalue weighted by Gasteiger charge is 2.37. The second-order valence-electron chi connectivity index (χ2n) is 7.18. The van der Waals surface area contributed by atoms with Crippen LogP contribution in [0.15, 0.2) is 42.6 Å². The number of carbonyl (C=O) groups excluding carboxylic acids is 1. The van der Waals surface area contributed by atoms with Gasteiger partial charge in [0.15, 0.2) is 0 Å². The molecule has 3 N–H and O–H groups in total. The van der Waals surface area contributed by atoms with E-state index >= 15 is 0 Å². The number of anilines is 1. The summed E-state index contributed by atoms with van der Waals surface area (Å²) < 4.78 is 0. The van der Waals surface area contributed by atoms with Gasteiger partial charge >= 0.3 is 0 Å². The van der Waals surface area contributed by atoms with Crippen molar-refractivity contribution in [3.63, 3.8) is 0 Å². The summed E-state index contributed by atoms with van der Waals surface area (Å²) in [6, 6.07) is 11.3. The molecule has 1 fully saturated rings. The number of nitrogens with two attached hydrogens (primary N) is 1. The van der Waals surface area contributed by atoms with Crippen molar-refractivity contribution in [3.8, 4) is 11.1 Å². The van der Waals surface area contributed by atoms with Gasteiger partial charge in [-0.05, 0) is 56.3 Å². The maximum Gasteiger partial charge on any atom is 0.251 e. The first-order chi connectivity index (χ1) is 12.5. The Labute approximate surface area is 155 Å². The summed E-state index contributed by atoms with van der Waals surface area (Å²) in [4.78, 5) is 19.1. The number of nitrogens with zero attached hydrogens (tertiary/aromatic N) is 2. The highest BCUT2D eigenvalue weighted by atomic mass is 16.1. The molecule has 0 aliphatic heterocycles. The van der Waals surface area contributed by atoms with E-state index in [0.717, 1.165) is 30.5 Å². The van der Waals surface area contributed by atoms with Gasteiger partial charge in [0.25, 0.3) is 5.91 Å². The lowest BCUT2D eigenvalue weighted by Gasteiger charge is -2.38. The molecule has 0 saturated heterocycles. The minimum Gasteiger partial charge on any atom is -0.384 e. The minimum atomic E-state index is -0.0113. The fourth-order valence-corrected chi connectivity index (χ4v) is 3.80. The lowest BCUT2D eigenvalue weighted by atomic mass is 9.95. The number of benzene rings is 1. The molecule has 1 aromatic carbocycles. The van der Waals surface area contributed by atoms with Crippen molar-refractivity contribution in [1.29, 1.82) is 0 Å². The fraction of sp³-hybridized carbons (Fsp3) is 0.429. The molecule has 0 atom stereocenters. The molecule has 0 radical (unpaired) electrons. The normalized spacial score (nSPS) is 16.0. The minimum absolute atomic E-state index is 0.0113. The van der Waals surface area contributed by atoms with Crippen LogP contribution >= 0.6 is 0 Å². The average Bonchev–Trinajstić information content (AvgIpc) is 3.16. The van der Waals surface area contributed by atoms with E-state index in [-0.39, 0.29) is 11.4 Å². The Hall–Kier alpha value is -2.40. The number of hydrogen-bond donors (Lipinski definition) is 2. The molecule has 3 rings (SSSR count). The van der Waals surface area contributed by atoms with E-state index in [1.54, 1.807) is 12.3 Å². The van der Waals surface area contributed by atoms with Crippen LogP contribution < -0.4 is 11.1 Å². The predicted octanol–water partition coefficient (Wildman–Crippen LogP) is 3.33. The van der Waals surface area contributed by atoms with Crippen LogP contribution in [0.1, 0.15) is 43.0 Å². The topological polar surface area (TPSA) is 71.2 Å². The van der Waals surface area contributed by atoms with Crippen molar-refractivity contribution in [2.75, 3.05) is 25.9 Å². The maximum atomic E-state index is 12.6. The molecule has 0 spiro atoms. The number of likely N-dealkylation sites (N-methyl/N-ethyl adjacent to an activating group) is 1. The van der Waals surface area contributed by atoms with Gasteiger partial charge in [-0.15, -0.1) is 0 Å². The largest absolute Gasteiger partial charge is 0.384 e. The number of rotatable bonds is 6. The Morgan fingerprint density at radius 2 is 1.81 bits per heavy atom. The third kappa shape index (κ3) is 3.88. The maximum absolute atomic E-state index is 12.6. The van der Waals surface area contributed by atoms with Gasteiger partial charge in [0.05, 0.1) is 0 Å². The molecule has 0 unspecified atom stereocenters. The first-order valence-electron chi connectivity index (χ1n) is 9.35. The second-order valence-corrected chi connectivity index (χ2v) is 7.18. The summed E-state index contributed by atoms with van der Waals surface area (Å²) >= 11 is 0. The highest BCUT2D eigenvalue weighted by Crippen LogP contribution is 2.33. The first-order valence-corrected chi connectivity index (χ1v) is 9.35. The molecule has 2 aromatic rings. The van der Waals surface area contributed by atoms with Gasteiger partial charge in [0.1, 0.15) is 5.82 Å². The van der Waals surface area contributed by atoms with E-state index < -0.39 is 0 Å². The molecule has 1 aliphatic carbocycles. The highest BCUT2D eigenvalue weighted by molar-refractivity contribution is 5.94. The predicted molar refractivity (Wildman–Crippen MR) is 106 cm³/mol. The van der Waals surface area contributed by atoms with E-state index in [1.165, 1.54) is 12.8 Å². The van der Waals surface area contributed by atoms with Crippen LogP contribution in [0.25, 0.3) is 11.1 Å². The molecular weight excluding hydrogens is 324 g/mol. The molecule has 0 bridgehead atoms. The van der Waals surface area contributed by atoms with Crippen LogP contribution in [-0.2, 0) is 0 Å². The number of carbonyl (C=O) groups is 1. The SMILES string of the molecule is CCN(C)C1(CNC(=O)c2ccc(-c3ccc(N)nc3)cc2)CCCC1. The van der Waals surface area contributed by atoms with Crippen molar-refractivity contribution in [2.45, 2.75) is 38.1 Å². The van der Waals surface area contributed by atoms with Gasteiger partial charge in [0.2, 0.25) is 0 Å². The number of pyridine rings is 1. The summed E-state index contributed by atoms with van der Waals surface area (Å²) in [6.45, 7) is 3.88. The van der Waals surface area contributed by atoms with Gasteiger partial charge in [-0.3, -0.25) is 9.69 Å². The van der Waals surface area contributed by atoms with Crippen molar-refractivity contribution in [2.24, 2.45) is 0 Å². The molecule has 1 heterocycles. The van der Waals surface area contributed by atoms with Gasteiger partial charge < -0.3 is 11.1 Å². The third-order valence-corrected chi connectivity index (χ3v) is 5.66. The Balaban J connectivity index is 1.65. The lowest BCUT2D eigenvalue weighted by molar-refractivity contribution is 0.0874.